The summed E-state index contributed by atoms with van der Waals surface area (Å²) < 4.78 is 22.5. The van der Waals surface area contributed by atoms with E-state index in [9.17, 15) is 13.2 Å². The van der Waals surface area contributed by atoms with Gasteiger partial charge in [-0.2, -0.15) is 0 Å². The molecule has 30 heavy (non-hydrogen) atoms. The van der Waals surface area contributed by atoms with Gasteiger partial charge in [-0.05, 0) is 48.0 Å². The lowest BCUT2D eigenvalue weighted by molar-refractivity contribution is -0.116. The first-order chi connectivity index (χ1) is 14.3. The lowest BCUT2D eigenvalue weighted by atomic mass is 10.0. The van der Waals surface area contributed by atoms with Crippen molar-refractivity contribution in [1.29, 1.82) is 0 Å². The van der Waals surface area contributed by atoms with Crippen molar-refractivity contribution in [3.63, 3.8) is 0 Å². The van der Waals surface area contributed by atoms with Crippen molar-refractivity contribution in [1.82, 2.24) is 4.90 Å². The van der Waals surface area contributed by atoms with Gasteiger partial charge in [0.05, 0.1) is 4.90 Å². The molecule has 0 aliphatic carbocycles. The van der Waals surface area contributed by atoms with Crippen molar-refractivity contribution in [3.8, 4) is 11.1 Å². The Morgan fingerprint density at radius 3 is 2.10 bits per heavy atom. The topological polar surface area (TPSA) is 92.5 Å². The number of sulfonamides is 1. The molecule has 0 aromatic heterocycles. The Bertz CT molecular complexity index is 1080. The van der Waals surface area contributed by atoms with Gasteiger partial charge in [0.2, 0.25) is 15.9 Å². The highest BCUT2D eigenvalue weighted by Crippen LogP contribution is 2.19. The maximum Gasteiger partial charge on any atom is 0.238 e. The van der Waals surface area contributed by atoms with Crippen molar-refractivity contribution in [2.45, 2.75) is 17.9 Å². The van der Waals surface area contributed by atoms with E-state index in [0.717, 1.165) is 6.54 Å². The van der Waals surface area contributed by atoms with Crippen LogP contribution in [-0.2, 0) is 21.4 Å². The summed E-state index contributed by atoms with van der Waals surface area (Å²) in [5.74, 6) is -0.135. The minimum atomic E-state index is -3.74. The maximum atomic E-state index is 12.2. The second kappa shape index (κ2) is 9.67. The number of nitrogens with zero attached hydrogens (tertiary/aromatic N) is 1. The zero-order valence-corrected chi connectivity index (χ0v) is 17.6. The zero-order chi connectivity index (χ0) is 21.6. The molecule has 3 aromatic carbocycles. The first kappa shape index (κ1) is 21.7. The number of carbonyl (C=O) groups is 1. The third kappa shape index (κ3) is 6.25. The Balaban J connectivity index is 1.47. The Morgan fingerprint density at radius 2 is 1.50 bits per heavy atom. The maximum absolute atomic E-state index is 12.2. The molecule has 0 saturated carbocycles. The SMILES string of the molecule is CN(CCC(=O)Nc1ccc(S(N)(=O)=O)cc1)Cc1ccc(-c2ccccc2)cc1. The number of rotatable bonds is 8. The molecule has 1 amide bonds. The third-order valence-corrected chi connectivity index (χ3v) is 5.63. The molecule has 0 heterocycles. The highest BCUT2D eigenvalue weighted by Gasteiger charge is 2.09. The quantitative estimate of drug-likeness (QED) is 0.580. The number of nitrogens with one attached hydrogen (secondary N) is 1. The van der Waals surface area contributed by atoms with Crippen LogP contribution in [0, 0.1) is 0 Å². The summed E-state index contributed by atoms with van der Waals surface area (Å²) in [4.78, 5) is 14.3. The molecule has 156 valence electrons. The van der Waals surface area contributed by atoms with E-state index in [1.165, 1.54) is 41.0 Å². The summed E-state index contributed by atoms with van der Waals surface area (Å²) in [5, 5.41) is 7.83. The standard InChI is InChI=1S/C23H25N3O3S/c1-26(17-18-7-9-20(10-8-18)19-5-3-2-4-6-19)16-15-23(27)25-21-11-13-22(14-12-21)30(24,28)29/h2-14H,15-17H2,1H3,(H,25,27)(H2,24,28,29). The van der Waals surface area contributed by atoms with Gasteiger partial charge in [0.15, 0.2) is 0 Å². The molecule has 3 aromatic rings. The van der Waals surface area contributed by atoms with Crippen LogP contribution in [-0.4, -0.2) is 32.8 Å². The second-order valence-corrected chi connectivity index (χ2v) is 8.73. The number of hydrogen-bond acceptors (Lipinski definition) is 4. The average Bonchev–Trinajstić information content (AvgIpc) is 2.73. The van der Waals surface area contributed by atoms with Crippen LogP contribution in [0.1, 0.15) is 12.0 Å². The van der Waals surface area contributed by atoms with Crippen molar-refractivity contribution in [2.24, 2.45) is 5.14 Å². The van der Waals surface area contributed by atoms with E-state index in [1.54, 1.807) is 0 Å². The van der Waals surface area contributed by atoms with E-state index in [4.69, 9.17) is 5.14 Å². The number of hydrogen-bond donors (Lipinski definition) is 2. The van der Waals surface area contributed by atoms with Crippen LogP contribution >= 0.6 is 0 Å². The number of anilines is 1. The van der Waals surface area contributed by atoms with Gasteiger partial charge in [0.25, 0.3) is 0 Å². The van der Waals surface area contributed by atoms with E-state index < -0.39 is 10.0 Å². The fraction of sp³-hybridized carbons (Fsp3) is 0.174. The summed E-state index contributed by atoms with van der Waals surface area (Å²) in [7, 11) is -1.77. The van der Waals surface area contributed by atoms with Gasteiger partial charge in [-0.1, -0.05) is 54.6 Å². The van der Waals surface area contributed by atoms with Gasteiger partial charge in [-0.15, -0.1) is 0 Å². The first-order valence-corrected chi connectivity index (χ1v) is 11.1. The fourth-order valence-electron chi connectivity index (χ4n) is 3.07. The predicted octanol–water partition coefficient (Wildman–Crippen LogP) is 3.46. The zero-order valence-electron chi connectivity index (χ0n) is 16.8. The van der Waals surface area contributed by atoms with Crippen molar-refractivity contribution in [3.05, 3.63) is 84.4 Å². The smallest absolute Gasteiger partial charge is 0.238 e. The van der Waals surface area contributed by atoms with Gasteiger partial charge in [-0.3, -0.25) is 4.79 Å². The van der Waals surface area contributed by atoms with E-state index >= 15 is 0 Å². The van der Waals surface area contributed by atoms with E-state index in [-0.39, 0.29) is 10.8 Å². The number of carbonyl (C=O) groups excluding carboxylic acids is 1. The van der Waals surface area contributed by atoms with Gasteiger partial charge in [-0.25, -0.2) is 13.6 Å². The second-order valence-electron chi connectivity index (χ2n) is 7.17. The minimum absolute atomic E-state index is 0.0125. The summed E-state index contributed by atoms with van der Waals surface area (Å²) in [5.41, 5.74) is 4.07. The van der Waals surface area contributed by atoms with Crippen LogP contribution in [0.4, 0.5) is 5.69 Å². The normalized spacial score (nSPS) is 11.4. The molecule has 0 fully saturated rings. The monoisotopic (exact) mass is 423 g/mol. The van der Waals surface area contributed by atoms with Crippen LogP contribution in [0.25, 0.3) is 11.1 Å². The summed E-state index contributed by atoms with van der Waals surface area (Å²) >= 11 is 0. The fourth-order valence-corrected chi connectivity index (χ4v) is 3.58. The Hall–Kier alpha value is -3.00. The summed E-state index contributed by atoms with van der Waals surface area (Å²) in [6, 6.07) is 24.4. The molecular weight excluding hydrogens is 398 g/mol. The van der Waals surface area contributed by atoms with Crippen molar-refractivity contribution >= 4 is 21.6 Å². The third-order valence-electron chi connectivity index (χ3n) is 4.70. The molecule has 7 heteroatoms. The summed E-state index contributed by atoms with van der Waals surface area (Å²) in [6.45, 7) is 1.34. The van der Waals surface area contributed by atoms with Crippen molar-refractivity contribution < 1.29 is 13.2 Å². The molecular formula is C23H25N3O3S. The Labute approximate surface area is 177 Å². The molecule has 0 aliphatic rings. The van der Waals surface area contributed by atoms with Gasteiger partial charge < -0.3 is 10.2 Å². The molecule has 0 radical (unpaired) electrons. The van der Waals surface area contributed by atoms with Crippen molar-refractivity contribution in [2.75, 3.05) is 18.9 Å². The molecule has 0 unspecified atom stereocenters. The van der Waals surface area contributed by atoms with Crippen LogP contribution in [0.5, 0.6) is 0 Å². The molecule has 3 rings (SSSR count). The number of primary sulfonamides is 1. The Morgan fingerprint density at radius 1 is 0.900 bits per heavy atom. The molecule has 0 aliphatic heterocycles. The lowest BCUT2D eigenvalue weighted by Crippen LogP contribution is -2.24. The lowest BCUT2D eigenvalue weighted by Gasteiger charge is -2.17. The molecule has 0 bridgehead atoms. The Kier molecular flexibility index (Phi) is 6.99. The molecule has 0 atom stereocenters. The van der Waals surface area contributed by atoms with E-state index in [0.29, 0.717) is 18.7 Å². The van der Waals surface area contributed by atoms with E-state index in [2.05, 4.69) is 46.6 Å². The van der Waals surface area contributed by atoms with Gasteiger partial charge >= 0.3 is 0 Å². The largest absolute Gasteiger partial charge is 0.326 e. The highest BCUT2D eigenvalue weighted by molar-refractivity contribution is 7.89. The van der Waals surface area contributed by atoms with Crippen LogP contribution in [0.2, 0.25) is 0 Å². The highest BCUT2D eigenvalue weighted by atomic mass is 32.2. The average molecular weight is 424 g/mol. The molecule has 0 saturated heterocycles. The predicted molar refractivity (Wildman–Crippen MR) is 119 cm³/mol. The van der Waals surface area contributed by atoms with Crippen LogP contribution in [0.15, 0.2) is 83.8 Å². The number of nitrogens with two attached hydrogens (primary N) is 1. The van der Waals surface area contributed by atoms with Crippen LogP contribution < -0.4 is 10.5 Å². The number of amides is 1. The van der Waals surface area contributed by atoms with Gasteiger partial charge in [0.1, 0.15) is 0 Å². The molecule has 3 N–H and O–H groups in total. The van der Waals surface area contributed by atoms with Gasteiger partial charge in [0, 0.05) is 25.2 Å². The minimum Gasteiger partial charge on any atom is -0.326 e. The van der Waals surface area contributed by atoms with E-state index in [1.807, 2.05) is 25.2 Å². The van der Waals surface area contributed by atoms with Crippen LogP contribution in [0.3, 0.4) is 0 Å². The summed E-state index contributed by atoms with van der Waals surface area (Å²) in [6.07, 6.45) is 0.329. The number of benzene rings is 3. The first-order valence-electron chi connectivity index (χ1n) is 9.57. The molecule has 0 spiro atoms. The molecule has 6 nitrogen and oxygen atoms in total.